The molecule has 7 heteroatoms. The Morgan fingerprint density at radius 1 is 1.04 bits per heavy atom. The van der Waals surface area contributed by atoms with E-state index in [1.807, 2.05) is 0 Å². The number of carbonyl (C=O) groups is 2. The van der Waals surface area contributed by atoms with Gasteiger partial charge in [0.25, 0.3) is 0 Å². The van der Waals surface area contributed by atoms with Gasteiger partial charge in [-0.3, -0.25) is 0 Å². The topological polar surface area (TPSA) is 91.3 Å². The average molecular weight is 334 g/mol. The predicted octanol–water partition coefficient (Wildman–Crippen LogP) is 1.48. The van der Waals surface area contributed by atoms with Gasteiger partial charge in [-0.05, 0) is 34.1 Å². The van der Waals surface area contributed by atoms with Crippen molar-refractivity contribution in [2.24, 2.45) is 0 Å². The molecule has 0 saturated heterocycles. The minimum absolute atomic E-state index is 0.0789. The monoisotopic (exact) mass is 334 g/mol. The Bertz CT molecular complexity index is 318. The Kier molecular flexibility index (Phi) is 17.5. The van der Waals surface area contributed by atoms with Crippen molar-refractivity contribution < 1.29 is 33.6 Å². The Morgan fingerprint density at radius 3 is 1.91 bits per heavy atom. The molecular formula is C16H30O7. The maximum atomic E-state index is 10.9. The summed E-state index contributed by atoms with van der Waals surface area (Å²) in [6.45, 7) is 11.9. The molecule has 0 amide bonds. The van der Waals surface area contributed by atoms with E-state index in [0.717, 1.165) is 0 Å². The van der Waals surface area contributed by atoms with Crippen LogP contribution < -0.4 is 0 Å². The predicted molar refractivity (Wildman–Crippen MR) is 86.0 cm³/mol. The third kappa shape index (κ3) is 15.2. The molecule has 0 radical (unpaired) electrons. The van der Waals surface area contributed by atoms with E-state index in [9.17, 15) is 9.59 Å². The van der Waals surface area contributed by atoms with Crippen molar-refractivity contribution in [3.05, 3.63) is 12.7 Å². The molecular weight excluding hydrogens is 304 g/mol. The number of hydrogen-bond acceptors (Lipinski definition) is 7. The van der Waals surface area contributed by atoms with E-state index in [1.165, 1.54) is 0 Å². The molecule has 0 aromatic heterocycles. The van der Waals surface area contributed by atoms with Crippen LogP contribution in [0.25, 0.3) is 0 Å². The van der Waals surface area contributed by atoms with Crippen LogP contribution >= 0.6 is 0 Å². The van der Waals surface area contributed by atoms with Crippen LogP contribution in [0.2, 0.25) is 0 Å². The summed E-state index contributed by atoms with van der Waals surface area (Å²) >= 11 is 0. The lowest BCUT2D eigenvalue weighted by Gasteiger charge is -2.10. The third-order valence-electron chi connectivity index (χ3n) is 2.37. The molecule has 136 valence electrons. The van der Waals surface area contributed by atoms with Gasteiger partial charge in [-0.25, -0.2) is 9.59 Å². The second kappa shape index (κ2) is 16.9. The van der Waals surface area contributed by atoms with Gasteiger partial charge in [0.05, 0.1) is 19.8 Å². The van der Waals surface area contributed by atoms with Crippen molar-refractivity contribution >= 4 is 11.9 Å². The molecule has 0 bridgehead atoms. The van der Waals surface area contributed by atoms with Crippen molar-refractivity contribution in [2.75, 3.05) is 33.0 Å². The van der Waals surface area contributed by atoms with E-state index >= 15 is 0 Å². The Balaban J connectivity index is 0. The van der Waals surface area contributed by atoms with Crippen LogP contribution in [0.15, 0.2) is 12.7 Å². The summed E-state index contributed by atoms with van der Waals surface area (Å²) in [4.78, 5) is 21.8. The van der Waals surface area contributed by atoms with Gasteiger partial charge in [-0.15, -0.1) is 6.58 Å². The first kappa shape index (κ1) is 23.8. The van der Waals surface area contributed by atoms with E-state index in [0.29, 0.717) is 32.8 Å². The van der Waals surface area contributed by atoms with Gasteiger partial charge >= 0.3 is 11.9 Å². The van der Waals surface area contributed by atoms with Gasteiger partial charge in [-0.2, -0.15) is 0 Å². The summed E-state index contributed by atoms with van der Waals surface area (Å²) in [6, 6.07) is 0. The Morgan fingerprint density at radius 2 is 1.52 bits per heavy atom. The summed E-state index contributed by atoms with van der Waals surface area (Å²) in [5, 5.41) is 8.42. The van der Waals surface area contributed by atoms with Crippen molar-refractivity contribution in [2.45, 2.75) is 46.3 Å². The second-order valence-corrected chi connectivity index (χ2v) is 4.36. The Labute approximate surface area is 138 Å². The molecule has 0 aromatic carbocycles. The molecule has 23 heavy (non-hydrogen) atoms. The summed E-state index contributed by atoms with van der Waals surface area (Å²) < 4.78 is 19.5. The fraction of sp³-hybridized carbons (Fsp3) is 0.750. The number of ether oxygens (including phenoxy) is 4. The number of rotatable bonds is 11. The van der Waals surface area contributed by atoms with Crippen LogP contribution in [0.5, 0.6) is 0 Å². The quantitative estimate of drug-likeness (QED) is 0.347. The lowest BCUT2D eigenvalue weighted by atomic mass is 10.4. The average Bonchev–Trinajstić information content (AvgIpc) is 2.53. The second-order valence-electron chi connectivity index (χ2n) is 4.36. The fourth-order valence-electron chi connectivity index (χ4n) is 1.19. The molecule has 0 aliphatic heterocycles. The van der Waals surface area contributed by atoms with Crippen LogP contribution in [0, 0.1) is 0 Å². The highest BCUT2D eigenvalue weighted by atomic mass is 16.6. The highest BCUT2D eigenvalue weighted by molar-refractivity contribution is 5.74. The maximum absolute atomic E-state index is 10.9. The number of carbonyl (C=O) groups excluding carboxylic acids is 2. The van der Waals surface area contributed by atoms with Gasteiger partial charge < -0.3 is 24.1 Å². The molecule has 0 aromatic rings. The molecule has 0 saturated carbocycles. The molecule has 0 rings (SSSR count). The molecule has 0 fully saturated rings. The standard InChI is InChI=1S/C8H16O4.C8H14O3/c1-3-11-8(10)7(2)12-6-4-5-9;1-4-6-11-7(3)8(9)10-5-2/h7,9H,3-6H2,1-2H3;4,7H,1,5-6H2,2-3H3/t2*7-/m00/s1. The lowest BCUT2D eigenvalue weighted by molar-refractivity contribution is -0.156. The van der Waals surface area contributed by atoms with Crippen molar-refractivity contribution in [3.63, 3.8) is 0 Å². The van der Waals surface area contributed by atoms with Gasteiger partial charge in [0, 0.05) is 13.2 Å². The Hall–Kier alpha value is -1.44. The minimum atomic E-state index is -0.531. The van der Waals surface area contributed by atoms with Crippen LogP contribution in [0.1, 0.15) is 34.1 Å². The van der Waals surface area contributed by atoms with Crippen LogP contribution in [-0.2, 0) is 28.5 Å². The van der Waals surface area contributed by atoms with E-state index in [1.54, 1.807) is 33.8 Å². The van der Waals surface area contributed by atoms with E-state index in [2.05, 4.69) is 6.58 Å². The van der Waals surface area contributed by atoms with Gasteiger partial charge in [0.2, 0.25) is 0 Å². The zero-order valence-corrected chi connectivity index (χ0v) is 14.6. The number of aliphatic hydroxyl groups is 1. The molecule has 1 N–H and O–H groups in total. The van der Waals surface area contributed by atoms with Crippen molar-refractivity contribution in [1.29, 1.82) is 0 Å². The summed E-state index contributed by atoms with van der Waals surface area (Å²) in [7, 11) is 0. The van der Waals surface area contributed by atoms with Gasteiger partial charge in [-0.1, -0.05) is 6.08 Å². The molecule has 2 atom stereocenters. The van der Waals surface area contributed by atoms with Gasteiger partial charge in [0.1, 0.15) is 0 Å². The number of hydrogen-bond donors (Lipinski definition) is 1. The SMILES string of the molecule is C=CCO[C@@H](C)C(=O)OCC.CCOC(=O)[C@H](C)OCCCO. The first-order chi connectivity index (χ1) is 10.9. The first-order valence-corrected chi connectivity index (χ1v) is 7.72. The van der Waals surface area contributed by atoms with Crippen molar-refractivity contribution in [1.82, 2.24) is 0 Å². The summed E-state index contributed by atoms with van der Waals surface area (Å²) in [5.41, 5.74) is 0. The smallest absolute Gasteiger partial charge is 0.334 e. The van der Waals surface area contributed by atoms with E-state index in [-0.39, 0.29) is 18.5 Å². The highest BCUT2D eigenvalue weighted by Gasteiger charge is 2.13. The van der Waals surface area contributed by atoms with E-state index < -0.39 is 12.2 Å². The maximum Gasteiger partial charge on any atom is 0.334 e. The zero-order chi connectivity index (χ0) is 18.1. The van der Waals surface area contributed by atoms with Crippen molar-refractivity contribution in [3.8, 4) is 0 Å². The molecule has 0 spiro atoms. The molecule has 0 aliphatic carbocycles. The number of esters is 2. The molecule has 7 nitrogen and oxygen atoms in total. The van der Waals surface area contributed by atoms with E-state index in [4.69, 9.17) is 24.1 Å². The zero-order valence-electron chi connectivity index (χ0n) is 14.6. The molecule has 0 unspecified atom stereocenters. The molecule has 0 aliphatic rings. The van der Waals surface area contributed by atoms with Crippen LogP contribution in [0.3, 0.4) is 0 Å². The summed E-state index contributed by atoms with van der Waals surface area (Å²) in [5.74, 6) is -0.676. The normalized spacial score (nSPS) is 12.4. The largest absolute Gasteiger partial charge is 0.464 e. The van der Waals surface area contributed by atoms with Crippen LogP contribution in [-0.4, -0.2) is 62.3 Å². The highest BCUT2D eigenvalue weighted by Crippen LogP contribution is 1.95. The van der Waals surface area contributed by atoms with Crippen LogP contribution in [0.4, 0.5) is 0 Å². The minimum Gasteiger partial charge on any atom is -0.464 e. The first-order valence-electron chi connectivity index (χ1n) is 7.72. The fourth-order valence-corrected chi connectivity index (χ4v) is 1.19. The lowest BCUT2D eigenvalue weighted by Crippen LogP contribution is -2.23. The van der Waals surface area contributed by atoms with Gasteiger partial charge in [0.15, 0.2) is 12.2 Å². The summed E-state index contributed by atoms with van der Waals surface area (Å²) in [6.07, 6.45) is 1.11. The molecule has 0 heterocycles. The number of aliphatic hydroxyl groups excluding tert-OH is 1. The third-order valence-corrected chi connectivity index (χ3v) is 2.37.